The predicted octanol–water partition coefficient (Wildman–Crippen LogP) is 4.06. The second kappa shape index (κ2) is 8.48. The van der Waals surface area contributed by atoms with Crippen LogP contribution in [0.25, 0.3) is 0 Å². The Hall–Kier alpha value is -2.60. The maximum atomic E-state index is 12.9. The summed E-state index contributed by atoms with van der Waals surface area (Å²) in [7, 11) is 1.24. The van der Waals surface area contributed by atoms with Crippen molar-refractivity contribution in [3.05, 3.63) is 58.9 Å². The fourth-order valence-corrected chi connectivity index (χ4v) is 2.29. The van der Waals surface area contributed by atoms with Gasteiger partial charge in [0.2, 0.25) is 0 Å². The molecule has 0 radical (unpaired) electrons. The summed E-state index contributed by atoms with van der Waals surface area (Å²) in [5.74, 6) is -1.00. The van der Waals surface area contributed by atoms with Crippen LogP contribution in [-0.2, 0) is 9.53 Å². The number of carbonyl (C=O) groups excluding carboxylic acids is 2. The number of esters is 1. The van der Waals surface area contributed by atoms with Gasteiger partial charge in [-0.2, -0.15) is 0 Å². The van der Waals surface area contributed by atoms with Gasteiger partial charge in [-0.25, -0.2) is 9.18 Å². The third-order valence-electron chi connectivity index (χ3n) is 3.39. The minimum absolute atomic E-state index is 0.148. The van der Waals surface area contributed by atoms with Gasteiger partial charge in [-0.3, -0.25) is 4.79 Å². The van der Waals surface area contributed by atoms with E-state index in [0.717, 1.165) is 0 Å². The second-order valence-electron chi connectivity index (χ2n) is 5.14. The molecule has 0 spiro atoms. The fraction of sp³-hybridized carbons (Fsp3) is 0.222. The van der Waals surface area contributed by atoms with Gasteiger partial charge in [0.25, 0.3) is 5.91 Å². The Labute approximate surface area is 149 Å². The molecule has 5 nitrogen and oxygen atoms in total. The minimum atomic E-state index is -0.775. The molecule has 2 aromatic rings. The molecular weight excluding hydrogens is 349 g/mol. The lowest BCUT2D eigenvalue weighted by atomic mass is 10.2. The first-order chi connectivity index (χ1) is 11.9. The first-order valence-corrected chi connectivity index (χ1v) is 7.93. The summed E-state index contributed by atoms with van der Waals surface area (Å²) in [6.07, 6.45) is -0.372. The quantitative estimate of drug-likeness (QED) is 0.784. The largest absolute Gasteiger partial charge is 0.481 e. The lowest BCUT2D eigenvalue weighted by molar-refractivity contribution is -0.122. The number of carbonyl (C=O) groups is 2. The Kier molecular flexibility index (Phi) is 6.36. The first-order valence-electron chi connectivity index (χ1n) is 7.55. The van der Waals surface area contributed by atoms with Gasteiger partial charge in [0, 0.05) is 5.69 Å². The highest BCUT2D eigenvalue weighted by molar-refractivity contribution is 6.33. The molecule has 0 saturated carbocycles. The zero-order chi connectivity index (χ0) is 18.4. The molecule has 0 heterocycles. The number of hydrogen-bond donors (Lipinski definition) is 1. The van der Waals surface area contributed by atoms with Gasteiger partial charge in [-0.15, -0.1) is 0 Å². The molecule has 132 valence electrons. The van der Waals surface area contributed by atoms with Crippen molar-refractivity contribution in [2.24, 2.45) is 0 Å². The standard InChI is InChI=1S/C18H17ClFNO4/c1-3-16(25-13-7-4-11(20)5-8-13)17(22)21-12-6-9-15(19)14(10-12)18(23)24-2/h4-10,16H,3H2,1-2H3,(H,21,22)/t16-/m1/s1. The third kappa shape index (κ3) is 4.93. The Morgan fingerprint density at radius 1 is 1.20 bits per heavy atom. The molecule has 0 aliphatic carbocycles. The molecule has 7 heteroatoms. The van der Waals surface area contributed by atoms with Crippen molar-refractivity contribution in [3.8, 4) is 5.75 Å². The number of rotatable bonds is 6. The van der Waals surface area contributed by atoms with Gasteiger partial charge in [0.15, 0.2) is 6.10 Å². The van der Waals surface area contributed by atoms with E-state index < -0.39 is 18.0 Å². The number of amides is 1. The second-order valence-corrected chi connectivity index (χ2v) is 5.55. The average Bonchev–Trinajstić information content (AvgIpc) is 2.62. The number of anilines is 1. The van der Waals surface area contributed by atoms with Crippen LogP contribution < -0.4 is 10.1 Å². The van der Waals surface area contributed by atoms with Crippen LogP contribution in [-0.4, -0.2) is 25.1 Å². The summed E-state index contributed by atoms with van der Waals surface area (Å²) in [4.78, 5) is 24.0. The highest BCUT2D eigenvalue weighted by Crippen LogP contribution is 2.22. The number of benzene rings is 2. The van der Waals surface area contributed by atoms with E-state index >= 15 is 0 Å². The van der Waals surface area contributed by atoms with Crippen molar-refractivity contribution in [2.75, 3.05) is 12.4 Å². The molecule has 2 aromatic carbocycles. The Balaban J connectivity index is 2.11. The molecule has 1 N–H and O–H groups in total. The lowest BCUT2D eigenvalue weighted by Gasteiger charge is -2.17. The minimum Gasteiger partial charge on any atom is -0.481 e. The van der Waals surface area contributed by atoms with Crippen LogP contribution in [0, 0.1) is 5.82 Å². The van der Waals surface area contributed by atoms with Gasteiger partial charge in [-0.1, -0.05) is 18.5 Å². The van der Waals surface area contributed by atoms with Crippen LogP contribution in [0.15, 0.2) is 42.5 Å². The number of methoxy groups -OCH3 is 1. The Morgan fingerprint density at radius 2 is 1.88 bits per heavy atom. The van der Waals surface area contributed by atoms with Crippen molar-refractivity contribution < 1.29 is 23.5 Å². The van der Waals surface area contributed by atoms with E-state index in [4.69, 9.17) is 16.3 Å². The molecule has 1 amide bonds. The normalized spacial score (nSPS) is 11.5. The van der Waals surface area contributed by atoms with Crippen molar-refractivity contribution in [2.45, 2.75) is 19.4 Å². The molecule has 0 aliphatic rings. The van der Waals surface area contributed by atoms with Gasteiger partial charge in [-0.05, 0) is 48.9 Å². The molecule has 0 bridgehead atoms. The van der Waals surface area contributed by atoms with E-state index in [-0.39, 0.29) is 16.4 Å². The van der Waals surface area contributed by atoms with E-state index in [1.54, 1.807) is 13.0 Å². The molecule has 25 heavy (non-hydrogen) atoms. The van der Waals surface area contributed by atoms with Crippen LogP contribution >= 0.6 is 11.6 Å². The van der Waals surface area contributed by atoms with Gasteiger partial charge in [0.05, 0.1) is 17.7 Å². The van der Waals surface area contributed by atoms with Gasteiger partial charge < -0.3 is 14.8 Å². The number of nitrogens with one attached hydrogen (secondary N) is 1. The number of hydrogen-bond acceptors (Lipinski definition) is 4. The van der Waals surface area contributed by atoms with E-state index in [0.29, 0.717) is 17.9 Å². The molecule has 0 unspecified atom stereocenters. The Morgan fingerprint density at radius 3 is 2.48 bits per heavy atom. The topological polar surface area (TPSA) is 64.6 Å². The van der Waals surface area contributed by atoms with E-state index in [9.17, 15) is 14.0 Å². The van der Waals surface area contributed by atoms with Gasteiger partial charge >= 0.3 is 5.97 Å². The Bertz CT molecular complexity index is 764. The molecule has 2 rings (SSSR count). The third-order valence-corrected chi connectivity index (χ3v) is 3.72. The molecule has 0 aromatic heterocycles. The van der Waals surface area contributed by atoms with Crippen LogP contribution in [0.5, 0.6) is 5.75 Å². The lowest BCUT2D eigenvalue weighted by Crippen LogP contribution is -2.32. The maximum absolute atomic E-state index is 12.9. The zero-order valence-corrected chi connectivity index (χ0v) is 14.5. The SMILES string of the molecule is CC[C@@H](Oc1ccc(F)cc1)C(=O)Nc1ccc(Cl)c(C(=O)OC)c1. The van der Waals surface area contributed by atoms with Crippen LogP contribution in [0.4, 0.5) is 10.1 Å². The van der Waals surface area contributed by atoms with E-state index in [2.05, 4.69) is 10.1 Å². The van der Waals surface area contributed by atoms with Crippen molar-refractivity contribution in [1.82, 2.24) is 0 Å². The summed E-state index contributed by atoms with van der Waals surface area (Å²) in [6.45, 7) is 1.79. The summed E-state index contributed by atoms with van der Waals surface area (Å²) in [5.41, 5.74) is 0.533. The van der Waals surface area contributed by atoms with Crippen LogP contribution in [0.3, 0.4) is 0 Å². The summed E-state index contributed by atoms with van der Waals surface area (Å²) in [6, 6.07) is 9.88. The van der Waals surface area contributed by atoms with E-state index in [1.165, 1.54) is 43.5 Å². The molecule has 0 fully saturated rings. The van der Waals surface area contributed by atoms with Crippen molar-refractivity contribution in [1.29, 1.82) is 0 Å². The van der Waals surface area contributed by atoms with Crippen molar-refractivity contribution >= 4 is 29.2 Å². The highest BCUT2D eigenvalue weighted by atomic mass is 35.5. The summed E-state index contributed by atoms with van der Waals surface area (Å²) >= 11 is 5.95. The highest BCUT2D eigenvalue weighted by Gasteiger charge is 2.20. The fourth-order valence-electron chi connectivity index (χ4n) is 2.09. The number of halogens is 2. The van der Waals surface area contributed by atoms with E-state index in [1.807, 2.05) is 0 Å². The van der Waals surface area contributed by atoms with Crippen molar-refractivity contribution in [3.63, 3.8) is 0 Å². The molecule has 0 aliphatic heterocycles. The van der Waals surface area contributed by atoms with Gasteiger partial charge in [0.1, 0.15) is 11.6 Å². The van der Waals surface area contributed by atoms with Crippen LogP contribution in [0.1, 0.15) is 23.7 Å². The molecule has 0 saturated heterocycles. The molecular formula is C18H17ClFNO4. The zero-order valence-electron chi connectivity index (χ0n) is 13.7. The number of ether oxygens (including phenoxy) is 2. The summed E-state index contributed by atoms with van der Waals surface area (Å²) < 4.78 is 23.2. The molecule has 1 atom stereocenters. The first kappa shape index (κ1) is 18.7. The van der Waals surface area contributed by atoms with Crippen LogP contribution in [0.2, 0.25) is 5.02 Å². The predicted molar refractivity (Wildman–Crippen MR) is 92.5 cm³/mol. The average molecular weight is 366 g/mol. The monoisotopic (exact) mass is 365 g/mol. The smallest absolute Gasteiger partial charge is 0.339 e. The maximum Gasteiger partial charge on any atom is 0.339 e. The summed E-state index contributed by atoms with van der Waals surface area (Å²) in [5, 5.41) is 2.89.